The summed E-state index contributed by atoms with van der Waals surface area (Å²) in [5, 5.41) is 12.1. The number of hydrogen-bond acceptors (Lipinski definition) is 4. The number of rotatable bonds is 5. The first kappa shape index (κ1) is 9.85. The third-order valence-electron chi connectivity index (χ3n) is 2.10. The average Bonchev–Trinajstić information content (AvgIpc) is 2.85. The smallest absolute Gasteiger partial charge is 0.0839 e. The molecule has 0 saturated heterocycles. The summed E-state index contributed by atoms with van der Waals surface area (Å²) in [5.74, 6) is 0. The predicted molar refractivity (Wildman–Crippen MR) is 55.0 cm³/mol. The molecule has 6 heteroatoms. The van der Waals surface area contributed by atoms with Gasteiger partial charge in [0.15, 0.2) is 0 Å². The quantitative estimate of drug-likeness (QED) is 0.727. The highest BCUT2D eigenvalue weighted by Crippen LogP contribution is 1.94. The Hall–Kier alpha value is -1.69. The van der Waals surface area contributed by atoms with Crippen molar-refractivity contribution in [1.82, 2.24) is 24.8 Å². The van der Waals surface area contributed by atoms with Crippen molar-refractivity contribution in [3.05, 3.63) is 30.4 Å². The third-order valence-corrected chi connectivity index (χ3v) is 2.10. The summed E-state index contributed by atoms with van der Waals surface area (Å²) in [6, 6.07) is 1.90. The van der Waals surface area contributed by atoms with Crippen molar-refractivity contribution in [2.45, 2.75) is 19.5 Å². The molecule has 0 aliphatic rings. The van der Waals surface area contributed by atoms with E-state index in [-0.39, 0.29) is 0 Å². The van der Waals surface area contributed by atoms with Crippen molar-refractivity contribution in [2.75, 3.05) is 6.54 Å². The maximum absolute atomic E-state index is 5.43. The van der Waals surface area contributed by atoms with Crippen molar-refractivity contribution in [2.24, 2.45) is 5.73 Å². The molecule has 0 aromatic carbocycles. The zero-order valence-corrected chi connectivity index (χ0v) is 8.45. The lowest BCUT2D eigenvalue weighted by molar-refractivity contribution is 0.490. The van der Waals surface area contributed by atoms with Crippen LogP contribution in [0.25, 0.3) is 0 Å². The molecule has 0 aliphatic carbocycles. The summed E-state index contributed by atoms with van der Waals surface area (Å²) >= 11 is 0. The Morgan fingerprint density at radius 1 is 1.27 bits per heavy atom. The monoisotopic (exact) mass is 206 g/mol. The van der Waals surface area contributed by atoms with Crippen LogP contribution in [0.3, 0.4) is 0 Å². The van der Waals surface area contributed by atoms with Crippen molar-refractivity contribution in [3.63, 3.8) is 0 Å². The van der Waals surface area contributed by atoms with Crippen molar-refractivity contribution < 1.29 is 0 Å². The number of aromatic nitrogens is 5. The third kappa shape index (κ3) is 2.63. The van der Waals surface area contributed by atoms with Crippen LogP contribution in [0.4, 0.5) is 0 Å². The fraction of sp³-hybridized carbons (Fsp3) is 0.444. The first-order chi connectivity index (χ1) is 7.38. The van der Waals surface area contributed by atoms with Gasteiger partial charge in [0.1, 0.15) is 0 Å². The molecule has 2 rings (SSSR count). The molecule has 0 spiro atoms. The molecule has 0 aliphatic heterocycles. The zero-order chi connectivity index (χ0) is 10.5. The first-order valence-electron chi connectivity index (χ1n) is 4.95. The van der Waals surface area contributed by atoms with Crippen LogP contribution in [-0.2, 0) is 19.5 Å². The number of nitrogens with zero attached hydrogens (tertiary/aromatic N) is 5. The van der Waals surface area contributed by atoms with Crippen molar-refractivity contribution >= 4 is 0 Å². The van der Waals surface area contributed by atoms with E-state index in [1.165, 1.54) is 0 Å². The molecule has 2 aromatic rings. The van der Waals surface area contributed by atoms with E-state index in [0.717, 1.165) is 25.2 Å². The highest BCUT2D eigenvalue weighted by Gasteiger charge is 1.99. The molecule has 2 heterocycles. The van der Waals surface area contributed by atoms with Gasteiger partial charge in [-0.25, -0.2) is 0 Å². The minimum atomic E-state index is 0.609. The van der Waals surface area contributed by atoms with E-state index in [4.69, 9.17) is 5.73 Å². The van der Waals surface area contributed by atoms with Crippen LogP contribution in [-0.4, -0.2) is 31.3 Å². The molecule has 2 aromatic heterocycles. The molecule has 0 saturated carbocycles. The Kier molecular flexibility index (Phi) is 3.08. The van der Waals surface area contributed by atoms with E-state index >= 15 is 0 Å². The molecule has 80 valence electrons. The SMILES string of the molecule is NCCc1cn(CCn2cccn2)nn1. The molecule has 15 heavy (non-hydrogen) atoms. The van der Waals surface area contributed by atoms with Gasteiger partial charge in [-0.1, -0.05) is 5.21 Å². The Bertz CT molecular complexity index is 390. The van der Waals surface area contributed by atoms with E-state index in [1.807, 2.05) is 27.8 Å². The van der Waals surface area contributed by atoms with E-state index in [1.54, 1.807) is 6.20 Å². The number of nitrogens with two attached hydrogens (primary N) is 1. The number of aryl methyl sites for hydroxylation is 2. The lowest BCUT2D eigenvalue weighted by Crippen LogP contribution is -2.08. The molecular formula is C9H14N6. The standard InChI is InChI=1S/C9H14N6/c10-3-2-9-8-15(13-12-9)7-6-14-5-1-4-11-14/h1,4-5,8H,2-3,6-7,10H2. The Labute approximate surface area is 87.7 Å². The Morgan fingerprint density at radius 3 is 2.87 bits per heavy atom. The second-order valence-electron chi connectivity index (χ2n) is 3.28. The van der Waals surface area contributed by atoms with E-state index < -0.39 is 0 Å². The molecule has 6 nitrogen and oxygen atoms in total. The highest BCUT2D eigenvalue weighted by molar-refractivity contribution is 4.92. The maximum Gasteiger partial charge on any atom is 0.0839 e. The number of hydrogen-bond donors (Lipinski definition) is 1. The van der Waals surface area contributed by atoms with Gasteiger partial charge in [0.2, 0.25) is 0 Å². The predicted octanol–water partition coefficient (Wildman–Crippen LogP) is -0.324. The van der Waals surface area contributed by atoms with Gasteiger partial charge in [-0.2, -0.15) is 5.10 Å². The second-order valence-corrected chi connectivity index (χ2v) is 3.28. The van der Waals surface area contributed by atoms with Gasteiger partial charge >= 0.3 is 0 Å². The normalized spacial score (nSPS) is 10.7. The zero-order valence-electron chi connectivity index (χ0n) is 8.45. The van der Waals surface area contributed by atoms with Gasteiger partial charge < -0.3 is 5.73 Å². The molecule has 0 bridgehead atoms. The summed E-state index contributed by atoms with van der Waals surface area (Å²) in [4.78, 5) is 0. The first-order valence-corrected chi connectivity index (χ1v) is 4.95. The highest BCUT2D eigenvalue weighted by atomic mass is 15.4. The van der Waals surface area contributed by atoms with Gasteiger partial charge in [-0.3, -0.25) is 9.36 Å². The summed E-state index contributed by atoms with van der Waals surface area (Å²) < 4.78 is 3.68. The molecule has 0 radical (unpaired) electrons. The topological polar surface area (TPSA) is 74.5 Å². The van der Waals surface area contributed by atoms with Crippen molar-refractivity contribution in [3.8, 4) is 0 Å². The molecular weight excluding hydrogens is 192 g/mol. The van der Waals surface area contributed by atoms with Crippen LogP contribution in [0.5, 0.6) is 0 Å². The largest absolute Gasteiger partial charge is 0.330 e. The second kappa shape index (κ2) is 4.70. The minimum Gasteiger partial charge on any atom is -0.330 e. The molecule has 0 amide bonds. The van der Waals surface area contributed by atoms with Crippen molar-refractivity contribution in [1.29, 1.82) is 0 Å². The Morgan fingerprint density at radius 2 is 2.13 bits per heavy atom. The maximum atomic E-state index is 5.43. The van der Waals surface area contributed by atoms with E-state index in [9.17, 15) is 0 Å². The lowest BCUT2D eigenvalue weighted by atomic mass is 10.3. The molecule has 2 N–H and O–H groups in total. The fourth-order valence-electron chi connectivity index (χ4n) is 1.35. The molecule has 0 fully saturated rings. The Balaban J connectivity index is 1.88. The van der Waals surface area contributed by atoms with Gasteiger partial charge in [0.05, 0.1) is 18.8 Å². The minimum absolute atomic E-state index is 0.609. The summed E-state index contributed by atoms with van der Waals surface area (Å²) in [6.07, 6.45) is 6.40. The lowest BCUT2D eigenvalue weighted by Gasteiger charge is -2.00. The van der Waals surface area contributed by atoms with Crippen LogP contribution < -0.4 is 5.73 Å². The van der Waals surface area contributed by atoms with E-state index in [2.05, 4.69) is 15.4 Å². The van der Waals surface area contributed by atoms with Gasteiger partial charge in [-0.15, -0.1) is 5.10 Å². The summed E-state index contributed by atoms with van der Waals surface area (Å²) in [5.41, 5.74) is 6.37. The van der Waals surface area contributed by atoms with Crippen LogP contribution in [0.2, 0.25) is 0 Å². The summed E-state index contributed by atoms with van der Waals surface area (Å²) in [7, 11) is 0. The fourth-order valence-corrected chi connectivity index (χ4v) is 1.35. The van der Waals surface area contributed by atoms with Crippen LogP contribution >= 0.6 is 0 Å². The van der Waals surface area contributed by atoms with Gasteiger partial charge in [-0.05, 0) is 12.6 Å². The van der Waals surface area contributed by atoms with Crippen LogP contribution in [0.1, 0.15) is 5.69 Å². The average molecular weight is 206 g/mol. The van der Waals surface area contributed by atoms with Gasteiger partial charge in [0.25, 0.3) is 0 Å². The summed E-state index contributed by atoms with van der Waals surface area (Å²) in [6.45, 7) is 2.19. The van der Waals surface area contributed by atoms with Gasteiger partial charge in [0, 0.05) is 25.0 Å². The van der Waals surface area contributed by atoms with E-state index in [0.29, 0.717) is 6.54 Å². The van der Waals surface area contributed by atoms with Crippen LogP contribution in [0, 0.1) is 0 Å². The van der Waals surface area contributed by atoms with Crippen LogP contribution in [0.15, 0.2) is 24.7 Å². The molecule has 0 atom stereocenters. The molecule has 0 unspecified atom stereocenters.